The van der Waals surface area contributed by atoms with Crippen molar-refractivity contribution >= 4 is 45.2 Å². The molecule has 1 aromatic heterocycles. The van der Waals surface area contributed by atoms with Crippen molar-refractivity contribution in [3.63, 3.8) is 0 Å². The third-order valence-electron chi connectivity index (χ3n) is 4.18. The van der Waals surface area contributed by atoms with Crippen molar-refractivity contribution < 1.29 is 9.53 Å². The lowest BCUT2D eigenvalue weighted by molar-refractivity contribution is -0.119. The number of benzene rings is 2. The molecule has 0 aliphatic carbocycles. The Morgan fingerprint density at radius 2 is 1.90 bits per heavy atom. The van der Waals surface area contributed by atoms with E-state index in [9.17, 15) is 9.59 Å². The molecule has 0 aliphatic rings. The first-order valence-corrected chi connectivity index (χ1v) is 10.8. The minimum absolute atomic E-state index is 0.0316. The molecule has 0 saturated carbocycles. The first-order chi connectivity index (χ1) is 13.7. The lowest BCUT2D eigenvalue weighted by Gasteiger charge is -2.12. The maximum Gasteiger partial charge on any atom is 0.266 e. The summed E-state index contributed by atoms with van der Waals surface area (Å²) in [5.74, 6) is 0.650. The Hall–Kier alpha value is -2.44. The summed E-state index contributed by atoms with van der Waals surface area (Å²) in [4.78, 5) is 27.4. The lowest BCUT2D eigenvalue weighted by atomic mass is 9.91. The lowest BCUT2D eigenvalue weighted by Crippen LogP contribution is -2.22. The number of ketones is 1. The zero-order valence-electron chi connectivity index (χ0n) is 16.5. The Morgan fingerprint density at radius 3 is 2.59 bits per heavy atom. The number of H-pyrrole nitrogens is 1. The first-order valence-electron chi connectivity index (χ1n) is 9.16. The van der Waals surface area contributed by atoms with Crippen molar-refractivity contribution in [3.8, 4) is 5.75 Å². The molecule has 0 amide bonds. The Kier molecular flexibility index (Phi) is 6.55. The minimum atomic E-state index is -0.493. The van der Waals surface area contributed by atoms with E-state index in [2.05, 4.69) is 20.9 Å². The monoisotopic (exact) mass is 471 g/mol. The second-order valence-corrected chi connectivity index (χ2v) is 9.64. The van der Waals surface area contributed by atoms with Crippen LogP contribution in [-0.4, -0.2) is 10.8 Å². The maximum atomic E-state index is 12.4. The van der Waals surface area contributed by atoms with Gasteiger partial charge in [-0.2, -0.15) is 0 Å². The Labute approximate surface area is 181 Å². The fourth-order valence-corrected chi connectivity index (χ4v) is 3.76. The van der Waals surface area contributed by atoms with Crippen molar-refractivity contribution in [1.82, 2.24) is 4.98 Å². The molecule has 0 aliphatic heterocycles. The summed E-state index contributed by atoms with van der Waals surface area (Å²) >= 11 is 4.73. The molecule has 0 atom stereocenters. The summed E-state index contributed by atoms with van der Waals surface area (Å²) in [5.41, 5.74) is 1.13. The number of rotatable bonds is 5. The van der Waals surface area contributed by atoms with E-state index in [4.69, 9.17) is 4.74 Å². The van der Waals surface area contributed by atoms with Gasteiger partial charge in [0.05, 0.1) is 9.20 Å². The molecule has 150 valence electrons. The zero-order chi connectivity index (χ0) is 21.0. The highest BCUT2D eigenvalue weighted by Gasteiger charge is 2.18. The van der Waals surface area contributed by atoms with E-state index in [1.54, 1.807) is 6.08 Å². The van der Waals surface area contributed by atoms with E-state index >= 15 is 0 Å². The van der Waals surface area contributed by atoms with Gasteiger partial charge in [-0.05, 0) is 29.8 Å². The van der Waals surface area contributed by atoms with Crippen LogP contribution in [0.4, 0.5) is 0 Å². The summed E-state index contributed by atoms with van der Waals surface area (Å²) < 4.78 is 7.93. The first kappa shape index (κ1) is 21.3. The van der Waals surface area contributed by atoms with Crippen molar-refractivity contribution in [1.29, 1.82) is 0 Å². The summed E-state index contributed by atoms with van der Waals surface area (Å²) in [6, 6.07) is 15.6. The van der Waals surface area contributed by atoms with Crippen LogP contribution in [0.5, 0.6) is 5.75 Å². The average molecular weight is 472 g/mol. The number of carbonyl (C=O) groups excluding carboxylic acids is 1. The Bertz CT molecular complexity index is 1190. The SMILES string of the molecule is CC(C)(C)C(=O)C=c1[nH]c(=O)c(=Cc2cc(Br)ccc2OCc2ccccc2)s1. The number of ether oxygens (including phenoxy) is 1. The third-order valence-corrected chi connectivity index (χ3v) is 5.63. The van der Waals surface area contributed by atoms with E-state index in [1.165, 1.54) is 17.4 Å². The number of halogens is 1. The van der Waals surface area contributed by atoms with Gasteiger partial charge in [0.25, 0.3) is 5.56 Å². The fourth-order valence-electron chi connectivity index (χ4n) is 2.50. The van der Waals surface area contributed by atoms with Crippen molar-refractivity contribution in [2.24, 2.45) is 5.41 Å². The molecule has 0 unspecified atom stereocenters. The van der Waals surface area contributed by atoms with Crippen LogP contribution in [0.2, 0.25) is 0 Å². The number of carbonyl (C=O) groups is 1. The summed E-state index contributed by atoms with van der Waals surface area (Å²) in [6.45, 7) is 5.98. The molecule has 6 heteroatoms. The number of Topliss-reactive ketones (excluding diaryl/α,β-unsaturated/α-hetero) is 1. The normalized spacial score (nSPS) is 13.0. The van der Waals surface area contributed by atoms with Crippen LogP contribution in [0.3, 0.4) is 0 Å². The van der Waals surface area contributed by atoms with Crippen molar-refractivity contribution in [2.75, 3.05) is 0 Å². The molecular formula is C23H22BrNO3S. The van der Waals surface area contributed by atoms with Gasteiger partial charge < -0.3 is 9.72 Å². The molecule has 3 rings (SSSR count). The number of thiazole rings is 1. The van der Waals surface area contributed by atoms with Gasteiger partial charge in [0.15, 0.2) is 5.78 Å². The third kappa shape index (κ3) is 5.78. The number of hydrogen-bond acceptors (Lipinski definition) is 4. The molecule has 0 spiro atoms. The summed E-state index contributed by atoms with van der Waals surface area (Å²) in [5, 5.41) is 0. The van der Waals surface area contributed by atoms with E-state index in [0.29, 0.717) is 21.6 Å². The van der Waals surface area contributed by atoms with Crippen molar-refractivity contribution in [3.05, 3.63) is 83.7 Å². The van der Waals surface area contributed by atoms with Crippen LogP contribution in [0.15, 0.2) is 57.8 Å². The van der Waals surface area contributed by atoms with E-state index in [-0.39, 0.29) is 11.3 Å². The molecular weight excluding hydrogens is 450 g/mol. The molecule has 3 aromatic rings. The Morgan fingerprint density at radius 1 is 1.17 bits per heavy atom. The van der Waals surface area contributed by atoms with Gasteiger partial charge in [-0.25, -0.2) is 0 Å². The van der Waals surface area contributed by atoms with Crippen LogP contribution in [0.1, 0.15) is 31.9 Å². The van der Waals surface area contributed by atoms with Crippen molar-refractivity contribution in [2.45, 2.75) is 27.4 Å². The predicted molar refractivity (Wildman–Crippen MR) is 122 cm³/mol. The highest BCUT2D eigenvalue weighted by Crippen LogP contribution is 2.24. The van der Waals surface area contributed by atoms with Crippen LogP contribution < -0.4 is 19.5 Å². The number of aromatic nitrogens is 1. The molecule has 0 radical (unpaired) electrons. The largest absolute Gasteiger partial charge is 0.488 e. The van der Waals surface area contributed by atoms with E-state index < -0.39 is 5.41 Å². The standard InChI is InChI=1S/C23H22BrNO3S/c1-23(2,3)20(26)13-21-25-22(27)19(29-21)12-16-11-17(24)9-10-18(16)28-14-15-7-5-4-6-8-15/h4-13H,14H2,1-3H3,(H,25,27). The minimum Gasteiger partial charge on any atom is -0.488 e. The van der Waals surface area contributed by atoms with Gasteiger partial charge in [0.2, 0.25) is 0 Å². The quantitative estimate of drug-likeness (QED) is 0.611. The van der Waals surface area contributed by atoms with Gasteiger partial charge in [-0.15, -0.1) is 11.3 Å². The second kappa shape index (κ2) is 8.93. The smallest absolute Gasteiger partial charge is 0.266 e. The molecule has 1 heterocycles. The second-order valence-electron chi connectivity index (χ2n) is 7.64. The topological polar surface area (TPSA) is 59.2 Å². The van der Waals surface area contributed by atoms with Crippen LogP contribution in [0.25, 0.3) is 12.2 Å². The van der Waals surface area contributed by atoms with E-state index in [1.807, 2.05) is 69.3 Å². The van der Waals surface area contributed by atoms with Crippen LogP contribution in [-0.2, 0) is 11.4 Å². The average Bonchev–Trinajstić information content (AvgIpc) is 3.00. The zero-order valence-corrected chi connectivity index (χ0v) is 18.9. The maximum absolute atomic E-state index is 12.4. The van der Waals surface area contributed by atoms with Gasteiger partial charge in [0, 0.05) is 21.5 Å². The number of aromatic amines is 1. The molecule has 29 heavy (non-hydrogen) atoms. The molecule has 1 N–H and O–H groups in total. The van der Waals surface area contributed by atoms with Gasteiger partial charge >= 0.3 is 0 Å². The van der Waals surface area contributed by atoms with Gasteiger partial charge in [-0.1, -0.05) is 67.0 Å². The molecule has 0 fully saturated rings. The summed E-state index contributed by atoms with van der Waals surface area (Å²) in [7, 11) is 0. The predicted octanol–water partition coefficient (Wildman–Crippen LogP) is 4.00. The molecule has 0 saturated heterocycles. The summed E-state index contributed by atoms with van der Waals surface area (Å²) in [6.07, 6.45) is 3.28. The highest BCUT2D eigenvalue weighted by molar-refractivity contribution is 9.10. The fraction of sp³-hybridized carbons (Fsp3) is 0.217. The molecule has 4 nitrogen and oxygen atoms in total. The van der Waals surface area contributed by atoms with Crippen LogP contribution in [0, 0.1) is 5.41 Å². The Balaban J connectivity index is 1.96. The van der Waals surface area contributed by atoms with E-state index in [0.717, 1.165) is 15.6 Å². The highest BCUT2D eigenvalue weighted by atomic mass is 79.9. The number of nitrogens with one attached hydrogen (secondary N) is 1. The van der Waals surface area contributed by atoms with Gasteiger partial charge in [0.1, 0.15) is 12.4 Å². The molecule has 2 aromatic carbocycles. The molecule has 0 bridgehead atoms. The van der Waals surface area contributed by atoms with Gasteiger partial charge in [-0.3, -0.25) is 9.59 Å². The number of hydrogen-bond donors (Lipinski definition) is 1. The van der Waals surface area contributed by atoms with Crippen LogP contribution >= 0.6 is 27.3 Å².